The van der Waals surface area contributed by atoms with Gasteiger partial charge in [0.2, 0.25) is 0 Å². The molecule has 1 N–H and O–H groups in total. The minimum absolute atomic E-state index is 0.386. The molecule has 1 unspecified atom stereocenters. The third-order valence-corrected chi connectivity index (χ3v) is 4.55. The van der Waals surface area contributed by atoms with Crippen molar-refractivity contribution in [3.8, 4) is 0 Å². The van der Waals surface area contributed by atoms with Crippen molar-refractivity contribution in [2.45, 2.75) is 50.3 Å². The van der Waals surface area contributed by atoms with Crippen molar-refractivity contribution in [3.05, 3.63) is 29.6 Å². The number of benzene rings is 1. The Labute approximate surface area is 121 Å². The summed E-state index contributed by atoms with van der Waals surface area (Å²) in [5, 5.41) is 8.83. The second kappa shape index (κ2) is 8.84. The molecular weight excluding hydrogens is 279 g/mol. The summed E-state index contributed by atoms with van der Waals surface area (Å²) in [6, 6.07) is 3.64. The highest BCUT2D eigenvalue weighted by atomic mass is 32.2. The van der Waals surface area contributed by atoms with Crippen molar-refractivity contribution >= 4 is 16.8 Å². The van der Waals surface area contributed by atoms with Gasteiger partial charge in [0.25, 0.3) is 0 Å². The van der Waals surface area contributed by atoms with Crippen LogP contribution in [0, 0.1) is 5.82 Å². The molecule has 0 aliphatic rings. The molecule has 1 aromatic rings. The number of aromatic carboxylic acids is 1. The number of halogens is 1. The van der Waals surface area contributed by atoms with Crippen LogP contribution in [0.2, 0.25) is 0 Å². The summed E-state index contributed by atoms with van der Waals surface area (Å²) in [4.78, 5) is 11.2. The third kappa shape index (κ3) is 5.41. The van der Waals surface area contributed by atoms with E-state index >= 15 is 0 Å². The van der Waals surface area contributed by atoms with Crippen LogP contribution in [-0.4, -0.2) is 21.0 Å². The molecule has 0 fully saturated rings. The lowest BCUT2D eigenvalue weighted by Crippen LogP contribution is -2.04. The van der Waals surface area contributed by atoms with Crippen LogP contribution in [0.4, 0.5) is 4.39 Å². The maximum Gasteiger partial charge on any atom is 0.338 e. The van der Waals surface area contributed by atoms with Crippen LogP contribution < -0.4 is 0 Å². The van der Waals surface area contributed by atoms with Gasteiger partial charge in [-0.1, -0.05) is 39.0 Å². The Morgan fingerprint density at radius 2 is 1.85 bits per heavy atom. The van der Waals surface area contributed by atoms with Gasteiger partial charge >= 0.3 is 5.97 Å². The fourth-order valence-electron chi connectivity index (χ4n) is 1.94. The Hall–Kier alpha value is -1.23. The average Bonchev–Trinajstić information content (AvgIpc) is 2.42. The summed E-state index contributed by atoms with van der Waals surface area (Å²) in [5.74, 6) is -1.63. The first kappa shape index (κ1) is 16.8. The molecule has 3 nitrogen and oxygen atoms in total. The lowest BCUT2D eigenvalue weighted by Gasteiger charge is -2.05. The van der Waals surface area contributed by atoms with Crippen LogP contribution in [0.25, 0.3) is 0 Å². The second-order valence-corrected chi connectivity index (χ2v) is 6.33. The molecule has 0 bridgehead atoms. The smallest absolute Gasteiger partial charge is 0.338 e. The van der Waals surface area contributed by atoms with E-state index in [0.717, 1.165) is 25.3 Å². The lowest BCUT2D eigenvalue weighted by atomic mass is 10.1. The van der Waals surface area contributed by atoms with Crippen molar-refractivity contribution < 1.29 is 18.5 Å². The van der Waals surface area contributed by atoms with Crippen LogP contribution >= 0.6 is 0 Å². The van der Waals surface area contributed by atoms with Crippen molar-refractivity contribution in [2.75, 3.05) is 5.75 Å². The molecule has 0 aromatic heterocycles. The maximum absolute atomic E-state index is 13.2. The summed E-state index contributed by atoms with van der Waals surface area (Å²) in [5.41, 5.74) is -0.418. The van der Waals surface area contributed by atoms with Crippen LogP contribution in [0.3, 0.4) is 0 Å². The average molecular weight is 300 g/mol. The molecule has 0 radical (unpaired) electrons. The Bertz CT molecular complexity index is 474. The highest BCUT2D eigenvalue weighted by Gasteiger charge is 2.13. The molecule has 0 saturated carbocycles. The molecular formula is C15H21FO3S. The van der Waals surface area contributed by atoms with Gasteiger partial charge in [0, 0.05) is 10.6 Å². The Morgan fingerprint density at radius 3 is 2.50 bits per heavy atom. The molecule has 0 aliphatic carbocycles. The van der Waals surface area contributed by atoms with E-state index in [4.69, 9.17) is 5.11 Å². The number of hydrogen-bond acceptors (Lipinski definition) is 2. The first-order chi connectivity index (χ1) is 9.56. The third-order valence-electron chi connectivity index (χ3n) is 3.11. The number of carboxylic acids is 1. The predicted molar refractivity (Wildman–Crippen MR) is 78.0 cm³/mol. The predicted octanol–water partition coefficient (Wildman–Crippen LogP) is 3.99. The SMILES string of the molecule is CCCCCCCCS(=O)c1ccc(F)c(C(=O)O)c1. The topological polar surface area (TPSA) is 54.4 Å². The second-order valence-electron chi connectivity index (χ2n) is 4.76. The largest absolute Gasteiger partial charge is 0.478 e. The fraction of sp³-hybridized carbons (Fsp3) is 0.533. The molecule has 0 aliphatic heterocycles. The standard InChI is InChI=1S/C15H21FO3S/c1-2-3-4-5-6-7-10-20(19)12-8-9-14(16)13(11-12)15(17)18/h8-9,11H,2-7,10H2,1H3,(H,17,18). The van der Waals surface area contributed by atoms with Crippen LogP contribution in [0.1, 0.15) is 55.8 Å². The molecule has 0 saturated heterocycles. The van der Waals surface area contributed by atoms with E-state index in [1.807, 2.05) is 0 Å². The molecule has 0 amide bonds. The van der Waals surface area contributed by atoms with Gasteiger partial charge in [0.1, 0.15) is 5.82 Å². The Kier molecular flexibility index (Phi) is 7.44. The summed E-state index contributed by atoms with van der Waals surface area (Å²) in [6.45, 7) is 2.16. The fourth-order valence-corrected chi connectivity index (χ4v) is 3.11. The molecule has 0 heterocycles. The van der Waals surface area contributed by atoms with E-state index in [2.05, 4.69) is 6.92 Å². The van der Waals surface area contributed by atoms with E-state index in [1.54, 1.807) is 0 Å². The number of unbranched alkanes of at least 4 members (excludes halogenated alkanes) is 5. The van der Waals surface area contributed by atoms with Gasteiger partial charge in [-0.15, -0.1) is 0 Å². The molecule has 5 heteroatoms. The summed E-state index contributed by atoms with van der Waals surface area (Å²) >= 11 is 0. The number of carboxylic acid groups (broad SMARTS) is 1. The number of rotatable bonds is 9. The Morgan fingerprint density at radius 1 is 1.20 bits per heavy atom. The Balaban J connectivity index is 2.47. The zero-order valence-electron chi connectivity index (χ0n) is 11.7. The first-order valence-electron chi connectivity index (χ1n) is 6.97. The van der Waals surface area contributed by atoms with Gasteiger partial charge in [0.15, 0.2) is 0 Å². The zero-order valence-corrected chi connectivity index (χ0v) is 12.5. The van der Waals surface area contributed by atoms with Crippen molar-refractivity contribution in [1.82, 2.24) is 0 Å². The van der Waals surface area contributed by atoms with Crippen molar-refractivity contribution in [1.29, 1.82) is 0 Å². The number of hydrogen-bond donors (Lipinski definition) is 1. The van der Waals surface area contributed by atoms with Gasteiger partial charge in [-0.2, -0.15) is 0 Å². The molecule has 1 rings (SSSR count). The summed E-state index contributed by atoms with van der Waals surface area (Å²) in [6.07, 6.45) is 6.62. The van der Waals surface area contributed by atoms with Crippen molar-refractivity contribution in [3.63, 3.8) is 0 Å². The van der Waals surface area contributed by atoms with E-state index in [0.29, 0.717) is 10.6 Å². The van der Waals surface area contributed by atoms with Gasteiger partial charge in [-0.3, -0.25) is 4.21 Å². The monoisotopic (exact) mass is 300 g/mol. The van der Waals surface area contributed by atoms with Gasteiger partial charge in [-0.05, 0) is 24.6 Å². The maximum atomic E-state index is 13.2. The minimum Gasteiger partial charge on any atom is -0.478 e. The van der Waals surface area contributed by atoms with Crippen LogP contribution in [0.5, 0.6) is 0 Å². The zero-order chi connectivity index (χ0) is 15.0. The van der Waals surface area contributed by atoms with E-state index in [1.165, 1.54) is 31.4 Å². The lowest BCUT2D eigenvalue weighted by molar-refractivity contribution is 0.0691. The quantitative estimate of drug-likeness (QED) is 0.701. The van der Waals surface area contributed by atoms with Gasteiger partial charge in [-0.25, -0.2) is 9.18 Å². The van der Waals surface area contributed by atoms with E-state index in [-0.39, 0.29) is 0 Å². The van der Waals surface area contributed by atoms with Crippen LogP contribution in [-0.2, 0) is 10.8 Å². The van der Waals surface area contributed by atoms with Gasteiger partial charge < -0.3 is 5.11 Å². The van der Waals surface area contributed by atoms with Gasteiger partial charge in [0.05, 0.1) is 16.4 Å². The highest BCUT2D eigenvalue weighted by molar-refractivity contribution is 7.85. The summed E-state index contributed by atoms with van der Waals surface area (Å²) in [7, 11) is -1.26. The molecule has 1 atom stereocenters. The molecule has 0 spiro atoms. The number of carbonyl (C=O) groups is 1. The van der Waals surface area contributed by atoms with E-state index in [9.17, 15) is 13.4 Å². The van der Waals surface area contributed by atoms with E-state index < -0.39 is 28.1 Å². The summed E-state index contributed by atoms with van der Waals surface area (Å²) < 4.78 is 25.2. The normalized spacial score (nSPS) is 12.3. The van der Waals surface area contributed by atoms with Crippen LogP contribution in [0.15, 0.2) is 23.1 Å². The minimum atomic E-state index is -1.33. The first-order valence-corrected chi connectivity index (χ1v) is 8.29. The highest BCUT2D eigenvalue weighted by Crippen LogP contribution is 2.15. The molecule has 20 heavy (non-hydrogen) atoms. The van der Waals surface area contributed by atoms with Crippen molar-refractivity contribution in [2.24, 2.45) is 0 Å². The molecule has 1 aromatic carbocycles. The molecule has 112 valence electrons.